The minimum Gasteiger partial charge on any atom is -0.340 e. The average molecular weight is 179 g/mol. The summed E-state index contributed by atoms with van der Waals surface area (Å²) in [5.74, 6) is 0. The third-order valence-electron chi connectivity index (χ3n) is 1.57. The van der Waals surface area contributed by atoms with Gasteiger partial charge in [0.2, 0.25) is 0 Å². The molecular formula is C9H13N3O. The molecule has 0 unspecified atom stereocenters. The van der Waals surface area contributed by atoms with Crippen molar-refractivity contribution in [3.8, 4) is 0 Å². The Morgan fingerprint density at radius 1 is 1.38 bits per heavy atom. The lowest BCUT2D eigenvalue weighted by atomic mass is 10.2. The van der Waals surface area contributed by atoms with Gasteiger partial charge in [-0.15, -0.1) is 0 Å². The molecule has 0 spiro atoms. The van der Waals surface area contributed by atoms with Gasteiger partial charge in [0, 0.05) is 7.05 Å². The maximum absolute atomic E-state index is 10.8. The quantitative estimate of drug-likeness (QED) is 0.598. The first-order valence-electron chi connectivity index (χ1n) is 4.03. The van der Waals surface area contributed by atoms with Crippen molar-refractivity contribution in [2.45, 2.75) is 6.92 Å². The van der Waals surface area contributed by atoms with E-state index in [4.69, 9.17) is 0 Å². The zero-order chi connectivity index (χ0) is 9.68. The lowest BCUT2D eigenvalue weighted by Gasteiger charge is -2.07. The van der Waals surface area contributed by atoms with Gasteiger partial charge in [-0.1, -0.05) is 12.1 Å². The van der Waals surface area contributed by atoms with Crippen LogP contribution in [-0.4, -0.2) is 13.1 Å². The van der Waals surface area contributed by atoms with Crippen LogP contribution >= 0.6 is 0 Å². The molecule has 0 radical (unpaired) electrons. The van der Waals surface area contributed by atoms with Crippen molar-refractivity contribution in [2.75, 3.05) is 12.5 Å². The minimum absolute atomic E-state index is 0.262. The largest absolute Gasteiger partial charge is 0.340 e. The average Bonchev–Trinajstić information content (AvgIpc) is 2.14. The number of carbonyl (C=O) groups is 1. The number of hydrogen-bond donors (Lipinski definition) is 3. The summed E-state index contributed by atoms with van der Waals surface area (Å²) in [6.07, 6.45) is 0. The van der Waals surface area contributed by atoms with Crippen LogP contribution in [0.3, 0.4) is 0 Å². The van der Waals surface area contributed by atoms with Crippen molar-refractivity contribution in [3.05, 3.63) is 29.8 Å². The highest BCUT2D eigenvalue weighted by molar-refractivity contribution is 5.75. The van der Waals surface area contributed by atoms with Crippen molar-refractivity contribution in [2.24, 2.45) is 0 Å². The molecule has 0 aliphatic rings. The van der Waals surface area contributed by atoms with Gasteiger partial charge in [-0.05, 0) is 24.6 Å². The van der Waals surface area contributed by atoms with Gasteiger partial charge in [0.15, 0.2) is 0 Å². The Labute approximate surface area is 77.3 Å². The molecule has 13 heavy (non-hydrogen) atoms. The highest BCUT2D eigenvalue weighted by Crippen LogP contribution is 2.07. The van der Waals surface area contributed by atoms with Crippen molar-refractivity contribution in [1.82, 2.24) is 10.7 Å². The van der Waals surface area contributed by atoms with Crippen molar-refractivity contribution < 1.29 is 4.79 Å². The highest BCUT2D eigenvalue weighted by Gasteiger charge is 1.94. The summed E-state index contributed by atoms with van der Waals surface area (Å²) in [7, 11) is 1.56. The number of amides is 2. The predicted molar refractivity (Wildman–Crippen MR) is 52.4 cm³/mol. The van der Waals surface area contributed by atoms with Crippen LogP contribution in [0, 0.1) is 6.92 Å². The number of carbonyl (C=O) groups excluding carboxylic acids is 1. The first-order chi connectivity index (χ1) is 6.22. The van der Waals surface area contributed by atoms with Gasteiger partial charge < -0.3 is 5.32 Å². The van der Waals surface area contributed by atoms with E-state index in [1.165, 1.54) is 0 Å². The summed E-state index contributed by atoms with van der Waals surface area (Å²) in [5.41, 5.74) is 7.26. The first-order valence-corrected chi connectivity index (χ1v) is 4.03. The Hall–Kier alpha value is -1.71. The molecular weight excluding hydrogens is 166 g/mol. The number of urea groups is 1. The summed E-state index contributed by atoms with van der Waals surface area (Å²) in [6, 6.07) is 7.47. The molecule has 0 atom stereocenters. The molecule has 0 saturated heterocycles. The van der Waals surface area contributed by atoms with E-state index < -0.39 is 0 Å². The normalized spacial score (nSPS) is 9.08. The van der Waals surface area contributed by atoms with E-state index in [0.717, 1.165) is 11.3 Å². The van der Waals surface area contributed by atoms with E-state index in [2.05, 4.69) is 16.2 Å². The number of hydrogen-bond acceptors (Lipinski definition) is 2. The predicted octanol–water partition coefficient (Wildman–Crippen LogP) is 1.25. The second kappa shape index (κ2) is 4.35. The Kier molecular flexibility index (Phi) is 3.14. The van der Waals surface area contributed by atoms with Gasteiger partial charge in [-0.25, -0.2) is 4.79 Å². The SMILES string of the molecule is CNC(=O)NNc1cccc(C)c1. The third-order valence-corrected chi connectivity index (χ3v) is 1.57. The molecule has 1 aromatic carbocycles. The van der Waals surface area contributed by atoms with Crippen LogP contribution in [0.4, 0.5) is 10.5 Å². The Morgan fingerprint density at radius 2 is 2.15 bits per heavy atom. The van der Waals surface area contributed by atoms with Crippen molar-refractivity contribution in [3.63, 3.8) is 0 Å². The van der Waals surface area contributed by atoms with E-state index in [0.29, 0.717) is 0 Å². The number of anilines is 1. The number of hydrazine groups is 1. The number of nitrogens with one attached hydrogen (secondary N) is 3. The van der Waals surface area contributed by atoms with Crippen molar-refractivity contribution >= 4 is 11.7 Å². The second-order valence-electron chi connectivity index (χ2n) is 2.70. The standard InChI is InChI=1S/C9H13N3O/c1-7-4-3-5-8(6-7)11-12-9(13)10-2/h3-6,11H,1-2H3,(H2,10,12,13). The summed E-state index contributed by atoms with van der Waals surface area (Å²) >= 11 is 0. The molecule has 4 nitrogen and oxygen atoms in total. The molecule has 0 aromatic heterocycles. The first kappa shape index (κ1) is 9.38. The molecule has 3 N–H and O–H groups in total. The molecule has 0 aliphatic heterocycles. The summed E-state index contributed by atoms with van der Waals surface area (Å²) in [5, 5.41) is 2.44. The third kappa shape index (κ3) is 3.02. The Balaban J connectivity index is 2.50. The van der Waals surface area contributed by atoms with E-state index in [-0.39, 0.29) is 6.03 Å². The number of rotatable bonds is 2. The lowest BCUT2D eigenvalue weighted by molar-refractivity contribution is 0.245. The minimum atomic E-state index is -0.262. The maximum Gasteiger partial charge on any atom is 0.333 e. The molecule has 0 fully saturated rings. The number of benzene rings is 1. The van der Waals surface area contributed by atoms with Crippen LogP contribution in [0.5, 0.6) is 0 Å². The summed E-state index contributed by atoms with van der Waals surface area (Å²) in [4.78, 5) is 10.8. The maximum atomic E-state index is 10.8. The van der Waals surface area contributed by atoms with Gasteiger partial charge in [0.1, 0.15) is 0 Å². The topological polar surface area (TPSA) is 53.2 Å². The zero-order valence-electron chi connectivity index (χ0n) is 7.72. The van der Waals surface area contributed by atoms with Gasteiger partial charge in [0.25, 0.3) is 0 Å². The van der Waals surface area contributed by atoms with E-state index >= 15 is 0 Å². The van der Waals surface area contributed by atoms with Crippen LogP contribution in [-0.2, 0) is 0 Å². The van der Waals surface area contributed by atoms with Gasteiger partial charge in [-0.2, -0.15) is 0 Å². The molecule has 0 bridgehead atoms. The molecule has 2 amide bonds. The fourth-order valence-electron chi connectivity index (χ4n) is 0.914. The molecule has 70 valence electrons. The fraction of sp³-hybridized carbons (Fsp3) is 0.222. The van der Waals surface area contributed by atoms with Gasteiger partial charge >= 0.3 is 6.03 Å². The summed E-state index contributed by atoms with van der Waals surface area (Å²) in [6.45, 7) is 1.99. The smallest absolute Gasteiger partial charge is 0.333 e. The highest BCUT2D eigenvalue weighted by atomic mass is 16.2. The van der Waals surface area contributed by atoms with Crippen LogP contribution in [0.25, 0.3) is 0 Å². The monoisotopic (exact) mass is 179 g/mol. The van der Waals surface area contributed by atoms with Crippen LogP contribution in [0.1, 0.15) is 5.56 Å². The summed E-state index contributed by atoms with van der Waals surface area (Å²) < 4.78 is 0. The van der Waals surface area contributed by atoms with E-state index in [9.17, 15) is 4.79 Å². The molecule has 4 heteroatoms. The number of aryl methyl sites for hydroxylation is 1. The Bertz CT molecular complexity index is 299. The molecule has 1 aromatic rings. The van der Waals surface area contributed by atoms with Crippen LogP contribution < -0.4 is 16.2 Å². The zero-order valence-corrected chi connectivity index (χ0v) is 7.72. The molecule has 1 rings (SSSR count). The van der Waals surface area contributed by atoms with Crippen molar-refractivity contribution in [1.29, 1.82) is 0 Å². The van der Waals surface area contributed by atoms with Gasteiger partial charge in [-0.3, -0.25) is 10.9 Å². The lowest BCUT2D eigenvalue weighted by Crippen LogP contribution is -2.36. The van der Waals surface area contributed by atoms with Crippen LogP contribution in [0.2, 0.25) is 0 Å². The molecule has 0 saturated carbocycles. The Morgan fingerprint density at radius 3 is 2.77 bits per heavy atom. The fourth-order valence-corrected chi connectivity index (χ4v) is 0.914. The second-order valence-corrected chi connectivity index (χ2v) is 2.70. The van der Waals surface area contributed by atoms with E-state index in [1.54, 1.807) is 7.05 Å². The van der Waals surface area contributed by atoms with Crippen LogP contribution in [0.15, 0.2) is 24.3 Å². The van der Waals surface area contributed by atoms with E-state index in [1.807, 2.05) is 31.2 Å². The molecule has 0 aliphatic carbocycles. The molecule has 0 heterocycles. The van der Waals surface area contributed by atoms with Gasteiger partial charge in [0.05, 0.1) is 5.69 Å².